The Bertz CT molecular complexity index is 280. The van der Waals surface area contributed by atoms with Crippen molar-refractivity contribution in [3.63, 3.8) is 0 Å². The van der Waals surface area contributed by atoms with Gasteiger partial charge in [-0.15, -0.1) is 0 Å². The van der Waals surface area contributed by atoms with Crippen LogP contribution in [0, 0.1) is 5.82 Å². The number of anilines is 1. The van der Waals surface area contributed by atoms with Crippen LogP contribution in [0.2, 0.25) is 0 Å². The molecule has 2 rings (SSSR count). The highest BCUT2D eigenvalue weighted by Crippen LogP contribution is 2.14. The molecule has 1 N–H and O–H groups in total. The van der Waals surface area contributed by atoms with E-state index in [1.54, 1.807) is 12.1 Å². The number of ether oxygens (including phenoxy) is 1. The molecule has 14 heavy (non-hydrogen) atoms. The van der Waals surface area contributed by atoms with E-state index < -0.39 is 0 Å². The van der Waals surface area contributed by atoms with Gasteiger partial charge in [0.15, 0.2) is 0 Å². The van der Waals surface area contributed by atoms with Crippen LogP contribution in [0.4, 0.5) is 10.1 Å². The fourth-order valence-electron chi connectivity index (χ4n) is 1.60. The molecule has 0 aromatic heterocycles. The van der Waals surface area contributed by atoms with Gasteiger partial charge in [-0.05, 0) is 37.1 Å². The third-order valence-electron chi connectivity index (χ3n) is 2.40. The van der Waals surface area contributed by atoms with E-state index in [1.165, 1.54) is 12.1 Å². The average molecular weight is 195 g/mol. The highest BCUT2D eigenvalue weighted by molar-refractivity contribution is 5.42. The van der Waals surface area contributed by atoms with Gasteiger partial charge in [0, 0.05) is 18.8 Å². The molecule has 1 heterocycles. The zero-order valence-electron chi connectivity index (χ0n) is 8.00. The lowest BCUT2D eigenvalue weighted by Crippen LogP contribution is -2.18. The first kappa shape index (κ1) is 9.46. The molecule has 1 saturated heterocycles. The third kappa shape index (κ3) is 2.45. The van der Waals surface area contributed by atoms with Crippen molar-refractivity contribution in [1.82, 2.24) is 0 Å². The summed E-state index contributed by atoms with van der Waals surface area (Å²) >= 11 is 0. The van der Waals surface area contributed by atoms with Gasteiger partial charge in [-0.2, -0.15) is 0 Å². The van der Waals surface area contributed by atoms with Crippen LogP contribution in [-0.4, -0.2) is 19.3 Å². The van der Waals surface area contributed by atoms with Crippen molar-refractivity contribution in [2.24, 2.45) is 0 Å². The Morgan fingerprint density at radius 3 is 2.79 bits per heavy atom. The molecule has 1 aliphatic heterocycles. The lowest BCUT2D eigenvalue weighted by Gasteiger charge is -2.11. The van der Waals surface area contributed by atoms with E-state index >= 15 is 0 Å². The van der Waals surface area contributed by atoms with Crippen molar-refractivity contribution >= 4 is 5.69 Å². The minimum Gasteiger partial charge on any atom is -0.382 e. The van der Waals surface area contributed by atoms with Crippen molar-refractivity contribution in [2.45, 2.75) is 18.9 Å². The van der Waals surface area contributed by atoms with E-state index in [1.807, 2.05) is 0 Å². The molecule has 0 amide bonds. The average Bonchev–Trinajstić information content (AvgIpc) is 2.70. The molecule has 0 radical (unpaired) electrons. The van der Waals surface area contributed by atoms with Gasteiger partial charge in [0.2, 0.25) is 0 Å². The van der Waals surface area contributed by atoms with Crippen molar-refractivity contribution in [2.75, 3.05) is 18.5 Å². The van der Waals surface area contributed by atoms with E-state index in [2.05, 4.69) is 5.32 Å². The third-order valence-corrected chi connectivity index (χ3v) is 2.40. The fourth-order valence-corrected chi connectivity index (χ4v) is 1.60. The van der Waals surface area contributed by atoms with Gasteiger partial charge in [-0.25, -0.2) is 4.39 Å². The molecule has 0 bridgehead atoms. The lowest BCUT2D eigenvalue weighted by molar-refractivity contribution is 0.120. The summed E-state index contributed by atoms with van der Waals surface area (Å²) in [6.07, 6.45) is 2.59. The van der Waals surface area contributed by atoms with Crippen molar-refractivity contribution < 1.29 is 9.13 Å². The van der Waals surface area contributed by atoms with Crippen LogP contribution in [-0.2, 0) is 4.74 Å². The molecular weight excluding hydrogens is 181 g/mol. The summed E-state index contributed by atoms with van der Waals surface area (Å²) in [5.74, 6) is -0.201. The normalized spacial score (nSPS) is 21.1. The summed E-state index contributed by atoms with van der Waals surface area (Å²) in [7, 11) is 0. The molecule has 1 unspecified atom stereocenters. The first-order valence-corrected chi connectivity index (χ1v) is 4.95. The number of hydrogen-bond acceptors (Lipinski definition) is 2. The summed E-state index contributed by atoms with van der Waals surface area (Å²) in [5, 5.41) is 3.22. The second-order valence-electron chi connectivity index (χ2n) is 3.52. The number of halogens is 1. The minimum atomic E-state index is -0.201. The Labute approximate surface area is 83.1 Å². The number of rotatable bonds is 3. The highest BCUT2D eigenvalue weighted by atomic mass is 19.1. The molecule has 0 aliphatic carbocycles. The summed E-state index contributed by atoms with van der Waals surface area (Å²) in [6.45, 7) is 1.68. The van der Waals surface area contributed by atoms with Crippen LogP contribution < -0.4 is 5.32 Å². The molecule has 2 nitrogen and oxygen atoms in total. The van der Waals surface area contributed by atoms with Gasteiger partial charge in [-0.3, -0.25) is 0 Å². The topological polar surface area (TPSA) is 21.3 Å². The van der Waals surface area contributed by atoms with E-state index in [0.717, 1.165) is 31.7 Å². The van der Waals surface area contributed by atoms with Crippen LogP contribution in [0.25, 0.3) is 0 Å². The standard InChI is InChI=1S/C11H14FNO/c12-9-3-5-10(6-4-9)13-8-11-2-1-7-14-11/h3-6,11,13H,1-2,7-8H2. The van der Waals surface area contributed by atoms with E-state index in [4.69, 9.17) is 4.74 Å². The molecule has 1 aromatic rings. The first-order valence-electron chi connectivity index (χ1n) is 4.95. The second kappa shape index (κ2) is 4.42. The Kier molecular flexibility index (Phi) is 2.99. The largest absolute Gasteiger partial charge is 0.382 e. The minimum absolute atomic E-state index is 0.201. The smallest absolute Gasteiger partial charge is 0.123 e. The maximum absolute atomic E-state index is 12.6. The Morgan fingerprint density at radius 2 is 2.14 bits per heavy atom. The Hall–Kier alpha value is -1.09. The maximum atomic E-state index is 12.6. The molecule has 3 heteroatoms. The summed E-state index contributed by atoms with van der Waals surface area (Å²) in [4.78, 5) is 0. The molecule has 76 valence electrons. The summed E-state index contributed by atoms with van der Waals surface area (Å²) < 4.78 is 18.0. The molecular formula is C11H14FNO. The van der Waals surface area contributed by atoms with Gasteiger partial charge in [0.05, 0.1) is 6.10 Å². The lowest BCUT2D eigenvalue weighted by atomic mass is 10.2. The van der Waals surface area contributed by atoms with Gasteiger partial charge in [0.1, 0.15) is 5.82 Å². The van der Waals surface area contributed by atoms with Crippen LogP contribution in [0.5, 0.6) is 0 Å². The van der Waals surface area contributed by atoms with Gasteiger partial charge < -0.3 is 10.1 Å². The second-order valence-corrected chi connectivity index (χ2v) is 3.52. The predicted molar refractivity (Wildman–Crippen MR) is 53.9 cm³/mol. The molecule has 0 spiro atoms. The quantitative estimate of drug-likeness (QED) is 0.799. The van der Waals surface area contributed by atoms with Gasteiger partial charge in [-0.1, -0.05) is 0 Å². The zero-order valence-corrected chi connectivity index (χ0v) is 8.00. The molecule has 1 aromatic carbocycles. The Morgan fingerprint density at radius 1 is 1.36 bits per heavy atom. The van der Waals surface area contributed by atoms with Crippen LogP contribution in [0.3, 0.4) is 0 Å². The van der Waals surface area contributed by atoms with Crippen LogP contribution in [0.15, 0.2) is 24.3 Å². The highest BCUT2D eigenvalue weighted by Gasteiger charge is 2.14. The SMILES string of the molecule is Fc1ccc(NCC2CCCO2)cc1. The monoisotopic (exact) mass is 195 g/mol. The fraction of sp³-hybridized carbons (Fsp3) is 0.455. The number of hydrogen-bond donors (Lipinski definition) is 1. The molecule has 0 saturated carbocycles. The Balaban J connectivity index is 1.82. The van der Waals surface area contributed by atoms with Crippen molar-refractivity contribution in [3.05, 3.63) is 30.1 Å². The van der Waals surface area contributed by atoms with Gasteiger partial charge in [0.25, 0.3) is 0 Å². The summed E-state index contributed by atoms with van der Waals surface area (Å²) in [6, 6.07) is 6.39. The molecule has 1 aliphatic rings. The predicted octanol–water partition coefficient (Wildman–Crippen LogP) is 2.42. The van der Waals surface area contributed by atoms with E-state index in [9.17, 15) is 4.39 Å². The maximum Gasteiger partial charge on any atom is 0.123 e. The van der Waals surface area contributed by atoms with Crippen LogP contribution >= 0.6 is 0 Å². The summed E-state index contributed by atoms with van der Waals surface area (Å²) in [5.41, 5.74) is 0.946. The van der Waals surface area contributed by atoms with Crippen LogP contribution in [0.1, 0.15) is 12.8 Å². The molecule has 1 fully saturated rings. The number of benzene rings is 1. The van der Waals surface area contributed by atoms with Gasteiger partial charge >= 0.3 is 0 Å². The van der Waals surface area contributed by atoms with Crippen molar-refractivity contribution in [1.29, 1.82) is 0 Å². The van der Waals surface area contributed by atoms with E-state index in [-0.39, 0.29) is 5.82 Å². The van der Waals surface area contributed by atoms with E-state index in [0.29, 0.717) is 6.10 Å². The molecule has 1 atom stereocenters. The van der Waals surface area contributed by atoms with Crippen molar-refractivity contribution in [3.8, 4) is 0 Å². The number of nitrogens with one attached hydrogen (secondary N) is 1. The zero-order chi connectivity index (χ0) is 9.80. The first-order chi connectivity index (χ1) is 6.84.